The fourth-order valence-electron chi connectivity index (χ4n) is 4.24. The molecule has 6 nitrogen and oxygen atoms in total. The van der Waals surface area contributed by atoms with E-state index in [9.17, 15) is 14.4 Å². The van der Waals surface area contributed by atoms with E-state index in [1.54, 1.807) is 0 Å². The van der Waals surface area contributed by atoms with Crippen molar-refractivity contribution in [1.29, 1.82) is 0 Å². The summed E-state index contributed by atoms with van der Waals surface area (Å²) in [5.41, 5.74) is 0.440. The van der Waals surface area contributed by atoms with Crippen LogP contribution in [0.25, 0.3) is 0 Å². The number of ether oxygens (including phenoxy) is 1. The SMILES string of the molecule is CCOC(=O)C1CCN(c2c(N(C)C3CCCCC3)c(=O)c2=O)CC1. The Morgan fingerprint density at radius 3 is 2.32 bits per heavy atom. The van der Waals surface area contributed by atoms with Crippen molar-refractivity contribution in [3.05, 3.63) is 20.4 Å². The zero-order valence-electron chi connectivity index (χ0n) is 15.3. The first-order chi connectivity index (χ1) is 12.0. The monoisotopic (exact) mass is 348 g/mol. The van der Waals surface area contributed by atoms with Crippen LogP contribution < -0.4 is 20.7 Å². The Kier molecular flexibility index (Phi) is 5.45. The van der Waals surface area contributed by atoms with E-state index < -0.39 is 0 Å². The van der Waals surface area contributed by atoms with Gasteiger partial charge in [0.1, 0.15) is 11.4 Å². The van der Waals surface area contributed by atoms with E-state index in [0.717, 1.165) is 12.8 Å². The van der Waals surface area contributed by atoms with Gasteiger partial charge in [0, 0.05) is 26.2 Å². The van der Waals surface area contributed by atoms with Crippen molar-refractivity contribution in [1.82, 2.24) is 0 Å². The van der Waals surface area contributed by atoms with Crippen LogP contribution in [0.4, 0.5) is 11.4 Å². The van der Waals surface area contributed by atoms with Crippen molar-refractivity contribution in [2.75, 3.05) is 36.5 Å². The van der Waals surface area contributed by atoms with Gasteiger partial charge in [0.05, 0.1) is 12.5 Å². The number of hydrogen-bond acceptors (Lipinski definition) is 6. The van der Waals surface area contributed by atoms with Gasteiger partial charge in [-0.05, 0) is 32.6 Å². The van der Waals surface area contributed by atoms with Crippen LogP contribution in [0.1, 0.15) is 51.9 Å². The molecule has 138 valence electrons. The fraction of sp³-hybridized carbons (Fsp3) is 0.737. The number of carbonyl (C=O) groups is 1. The van der Waals surface area contributed by atoms with Gasteiger partial charge in [-0.25, -0.2) is 0 Å². The highest BCUT2D eigenvalue weighted by molar-refractivity contribution is 5.77. The molecule has 1 aliphatic carbocycles. The maximum Gasteiger partial charge on any atom is 0.309 e. The normalized spacial score (nSPS) is 20.0. The first kappa shape index (κ1) is 18.0. The molecule has 1 aromatic carbocycles. The Morgan fingerprint density at radius 1 is 1.08 bits per heavy atom. The van der Waals surface area contributed by atoms with Crippen LogP contribution in [-0.4, -0.2) is 38.8 Å². The van der Waals surface area contributed by atoms with Crippen LogP contribution in [0.5, 0.6) is 0 Å². The van der Waals surface area contributed by atoms with E-state index in [4.69, 9.17) is 4.74 Å². The summed E-state index contributed by atoms with van der Waals surface area (Å²) in [7, 11) is 1.95. The molecule has 0 unspecified atom stereocenters. The molecule has 0 N–H and O–H groups in total. The lowest BCUT2D eigenvalue weighted by atomic mass is 9.92. The molecule has 0 amide bonds. The molecule has 0 radical (unpaired) electrons. The maximum absolute atomic E-state index is 12.2. The third-order valence-electron chi connectivity index (χ3n) is 5.77. The van der Waals surface area contributed by atoms with Crippen molar-refractivity contribution < 1.29 is 9.53 Å². The molecule has 0 atom stereocenters. The standard InChI is InChI=1S/C19H28N2O4/c1-3-25-19(24)13-9-11-21(12-10-13)16-15(17(22)18(16)23)20(2)14-7-5-4-6-8-14/h13-14H,3-12H2,1-2H3. The minimum absolute atomic E-state index is 0.0952. The molecule has 1 heterocycles. The lowest BCUT2D eigenvalue weighted by Crippen LogP contribution is -2.50. The van der Waals surface area contributed by atoms with Gasteiger partial charge in [0.25, 0.3) is 10.9 Å². The second-order valence-corrected chi connectivity index (χ2v) is 7.27. The molecule has 6 heteroatoms. The molecule has 25 heavy (non-hydrogen) atoms. The quantitative estimate of drug-likeness (QED) is 0.597. The van der Waals surface area contributed by atoms with Gasteiger partial charge in [-0.1, -0.05) is 19.3 Å². The largest absolute Gasteiger partial charge is 0.466 e. The molecular formula is C19H28N2O4. The minimum atomic E-state index is -0.368. The number of nitrogens with zero attached hydrogens (tertiary/aromatic N) is 2. The van der Waals surface area contributed by atoms with Gasteiger partial charge in [0.2, 0.25) is 0 Å². The molecule has 0 spiro atoms. The number of anilines is 2. The highest BCUT2D eigenvalue weighted by Gasteiger charge is 2.34. The van der Waals surface area contributed by atoms with E-state index in [0.29, 0.717) is 50.0 Å². The summed E-state index contributed by atoms with van der Waals surface area (Å²) in [6, 6.07) is 0.355. The zero-order chi connectivity index (χ0) is 18.0. The first-order valence-corrected chi connectivity index (χ1v) is 9.52. The molecule has 1 saturated heterocycles. The van der Waals surface area contributed by atoms with Crippen molar-refractivity contribution in [3.8, 4) is 0 Å². The van der Waals surface area contributed by atoms with E-state index in [1.807, 2.05) is 23.8 Å². The molecule has 1 aliphatic heterocycles. The molecule has 1 aromatic rings. The van der Waals surface area contributed by atoms with Crippen molar-refractivity contribution in [2.45, 2.75) is 57.9 Å². The maximum atomic E-state index is 12.2. The van der Waals surface area contributed by atoms with Crippen LogP contribution in [0.2, 0.25) is 0 Å². The minimum Gasteiger partial charge on any atom is -0.466 e. The smallest absolute Gasteiger partial charge is 0.309 e. The molecule has 1 saturated carbocycles. The number of carbonyl (C=O) groups excluding carboxylic acids is 1. The van der Waals surface area contributed by atoms with E-state index >= 15 is 0 Å². The lowest BCUT2D eigenvalue weighted by molar-refractivity contribution is -0.148. The van der Waals surface area contributed by atoms with Crippen LogP contribution in [0.15, 0.2) is 9.59 Å². The molecular weight excluding hydrogens is 320 g/mol. The molecule has 0 bridgehead atoms. The summed E-state index contributed by atoms with van der Waals surface area (Å²) in [5.74, 6) is -0.242. The van der Waals surface area contributed by atoms with Crippen molar-refractivity contribution >= 4 is 17.3 Å². The predicted molar refractivity (Wildman–Crippen MR) is 98.2 cm³/mol. The van der Waals surface area contributed by atoms with E-state index in [1.165, 1.54) is 19.3 Å². The molecule has 2 fully saturated rings. The van der Waals surface area contributed by atoms with E-state index in [2.05, 4.69) is 0 Å². The Bertz CT molecular complexity index is 678. The third-order valence-corrected chi connectivity index (χ3v) is 5.77. The van der Waals surface area contributed by atoms with E-state index in [-0.39, 0.29) is 22.7 Å². The van der Waals surface area contributed by atoms with Gasteiger partial charge >= 0.3 is 5.97 Å². The van der Waals surface area contributed by atoms with Crippen molar-refractivity contribution in [3.63, 3.8) is 0 Å². The Hall–Kier alpha value is -1.85. The number of piperidine rings is 1. The highest BCUT2D eigenvalue weighted by Crippen LogP contribution is 2.32. The van der Waals surface area contributed by atoms with Crippen LogP contribution in [0.3, 0.4) is 0 Å². The van der Waals surface area contributed by atoms with Crippen LogP contribution >= 0.6 is 0 Å². The zero-order valence-corrected chi connectivity index (χ0v) is 15.3. The average molecular weight is 348 g/mol. The van der Waals surface area contributed by atoms with Gasteiger partial charge in [-0.3, -0.25) is 14.4 Å². The van der Waals surface area contributed by atoms with Gasteiger partial charge in [-0.15, -0.1) is 0 Å². The summed E-state index contributed by atoms with van der Waals surface area (Å²) in [4.78, 5) is 40.3. The summed E-state index contributed by atoms with van der Waals surface area (Å²) < 4.78 is 5.10. The Labute approximate surface area is 148 Å². The third kappa shape index (κ3) is 3.44. The second kappa shape index (κ2) is 7.58. The van der Waals surface area contributed by atoms with Gasteiger partial charge in [0.15, 0.2) is 0 Å². The number of hydrogen-bond donors (Lipinski definition) is 0. The lowest BCUT2D eigenvalue weighted by Gasteiger charge is -2.38. The van der Waals surface area contributed by atoms with Crippen LogP contribution in [-0.2, 0) is 9.53 Å². The topological polar surface area (TPSA) is 66.9 Å². The Balaban J connectivity index is 1.70. The summed E-state index contributed by atoms with van der Waals surface area (Å²) in [6.07, 6.45) is 7.13. The molecule has 3 rings (SSSR count). The predicted octanol–water partition coefficient (Wildman–Crippen LogP) is 1.83. The Morgan fingerprint density at radius 2 is 1.72 bits per heavy atom. The van der Waals surface area contributed by atoms with Crippen molar-refractivity contribution in [2.24, 2.45) is 5.92 Å². The second-order valence-electron chi connectivity index (χ2n) is 7.27. The molecule has 2 aliphatic rings. The first-order valence-electron chi connectivity index (χ1n) is 9.52. The van der Waals surface area contributed by atoms with Gasteiger partial charge in [-0.2, -0.15) is 0 Å². The average Bonchev–Trinajstić information content (AvgIpc) is 2.66. The molecule has 0 aromatic heterocycles. The summed E-state index contributed by atoms with van der Waals surface area (Å²) >= 11 is 0. The number of rotatable bonds is 5. The number of esters is 1. The summed E-state index contributed by atoms with van der Waals surface area (Å²) in [6.45, 7) is 3.46. The van der Waals surface area contributed by atoms with Crippen LogP contribution in [0, 0.1) is 5.92 Å². The van der Waals surface area contributed by atoms with Gasteiger partial charge < -0.3 is 14.5 Å². The fourth-order valence-corrected chi connectivity index (χ4v) is 4.24. The highest BCUT2D eigenvalue weighted by atomic mass is 16.5. The summed E-state index contributed by atoms with van der Waals surface area (Å²) in [5, 5.41) is 0.